The number of rotatable bonds is 5. The number of carbonyl (C=O) groups is 1. The molecule has 0 bridgehead atoms. The molecule has 3 aromatic rings. The summed E-state index contributed by atoms with van der Waals surface area (Å²) in [6.45, 7) is 2.40. The maximum atomic E-state index is 12.7. The van der Waals surface area contributed by atoms with E-state index in [0.717, 1.165) is 4.47 Å². The molecule has 0 atom stereocenters. The van der Waals surface area contributed by atoms with Gasteiger partial charge in [-0.2, -0.15) is 0 Å². The van der Waals surface area contributed by atoms with Crippen molar-refractivity contribution in [2.75, 3.05) is 7.11 Å². The van der Waals surface area contributed by atoms with Crippen LogP contribution in [0.5, 0.6) is 0 Å². The summed E-state index contributed by atoms with van der Waals surface area (Å²) in [7, 11) is 1.31. The van der Waals surface area contributed by atoms with E-state index in [1.165, 1.54) is 25.1 Å². The summed E-state index contributed by atoms with van der Waals surface area (Å²) in [5.74, 6) is 0.0880. The summed E-state index contributed by atoms with van der Waals surface area (Å²) < 4.78 is 12.3. The highest BCUT2D eigenvalue weighted by atomic mass is 79.9. The molecule has 0 N–H and O–H groups in total. The zero-order valence-electron chi connectivity index (χ0n) is 13.6. The molecule has 8 heteroatoms. The van der Waals surface area contributed by atoms with Gasteiger partial charge in [-0.1, -0.05) is 27.7 Å². The van der Waals surface area contributed by atoms with Crippen molar-refractivity contribution in [1.82, 2.24) is 9.55 Å². The quantitative estimate of drug-likeness (QED) is 0.353. The van der Waals surface area contributed by atoms with Crippen molar-refractivity contribution < 1.29 is 13.9 Å². The Morgan fingerprint density at radius 1 is 1.40 bits per heavy atom. The van der Waals surface area contributed by atoms with Gasteiger partial charge >= 0.3 is 5.97 Å². The molecule has 1 aromatic carbocycles. The van der Waals surface area contributed by atoms with E-state index >= 15 is 0 Å². The van der Waals surface area contributed by atoms with Crippen molar-refractivity contribution in [2.24, 2.45) is 0 Å². The number of methoxy groups -OCH3 is 1. The largest absolute Gasteiger partial charge is 0.463 e. The van der Waals surface area contributed by atoms with Gasteiger partial charge < -0.3 is 9.15 Å². The number of furan rings is 1. The monoisotopic (exact) mass is 422 g/mol. The second-order valence-corrected chi connectivity index (χ2v) is 7.02. The number of carbonyl (C=O) groups excluding carboxylic acids is 1. The van der Waals surface area contributed by atoms with Gasteiger partial charge in [0, 0.05) is 22.3 Å². The number of benzene rings is 1. The van der Waals surface area contributed by atoms with Crippen LogP contribution in [0.15, 0.2) is 49.4 Å². The SMILES string of the molecule is CCn1c(SCc2ccoc2C(=O)OC)nc2ccc(Br)cc2c1=O. The number of thioether (sulfide) groups is 1. The predicted molar refractivity (Wildman–Crippen MR) is 99.0 cm³/mol. The first-order valence-corrected chi connectivity index (χ1v) is 9.30. The zero-order valence-corrected chi connectivity index (χ0v) is 16.0. The maximum Gasteiger partial charge on any atom is 0.374 e. The average Bonchev–Trinajstić information content (AvgIpc) is 3.08. The summed E-state index contributed by atoms with van der Waals surface area (Å²) in [5.41, 5.74) is 1.25. The minimum atomic E-state index is -0.523. The lowest BCUT2D eigenvalue weighted by Crippen LogP contribution is -2.22. The zero-order chi connectivity index (χ0) is 18.0. The highest BCUT2D eigenvalue weighted by Gasteiger charge is 2.17. The van der Waals surface area contributed by atoms with Crippen LogP contribution in [0, 0.1) is 0 Å². The standard InChI is InChI=1S/C17H15BrN2O4S/c1-3-20-15(21)12-8-11(18)4-5-13(12)19-17(20)25-9-10-6-7-24-14(10)16(22)23-2/h4-8H,3,9H2,1-2H3. The molecule has 0 spiro atoms. The van der Waals surface area contributed by atoms with Gasteiger partial charge in [0.25, 0.3) is 5.56 Å². The van der Waals surface area contributed by atoms with Crippen LogP contribution in [0.4, 0.5) is 0 Å². The lowest BCUT2D eigenvalue weighted by atomic mass is 10.2. The summed E-state index contributed by atoms with van der Waals surface area (Å²) in [6, 6.07) is 7.15. The Bertz CT molecular complexity index is 996. The van der Waals surface area contributed by atoms with Crippen molar-refractivity contribution in [2.45, 2.75) is 24.4 Å². The molecule has 0 saturated carbocycles. The minimum Gasteiger partial charge on any atom is -0.463 e. The van der Waals surface area contributed by atoms with Crippen LogP contribution in [0.3, 0.4) is 0 Å². The summed E-state index contributed by atoms with van der Waals surface area (Å²) in [6.07, 6.45) is 1.44. The molecule has 0 aliphatic heterocycles. The first-order chi connectivity index (χ1) is 12.0. The molecule has 0 aliphatic carbocycles. The van der Waals surface area contributed by atoms with Crippen LogP contribution in [0.1, 0.15) is 23.0 Å². The third kappa shape index (κ3) is 3.50. The van der Waals surface area contributed by atoms with E-state index < -0.39 is 5.97 Å². The van der Waals surface area contributed by atoms with Crippen LogP contribution >= 0.6 is 27.7 Å². The normalized spacial score (nSPS) is 11.0. The minimum absolute atomic E-state index is 0.0864. The summed E-state index contributed by atoms with van der Waals surface area (Å²) in [4.78, 5) is 29.0. The molecule has 0 unspecified atom stereocenters. The van der Waals surface area contributed by atoms with E-state index in [1.807, 2.05) is 19.1 Å². The molecule has 130 valence electrons. The molecule has 2 aromatic heterocycles. The van der Waals surface area contributed by atoms with Gasteiger partial charge in [0.05, 0.1) is 24.3 Å². The van der Waals surface area contributed by atoms with E-state index in [9.17, 15) is 9.59 Å². The number of hydrogen-bond donors (Lipinski definition) is 0. The lowest BCUT2D eigenvalue weighted by Gasteiger charge is -2.11. The van der Waals surface area contributed by atoms with E-state index in [0.29, 0.717) is 33.9 Å². The molecule has 0 radical (unpaired) electrons. The molecule has 25 heavy (non-hydrogen) atoms. The highest BCUT2D eigenvalue weighted by molar-refractivity contribution is 9.10. The first-order valence-electron chi connectivity index (χ1n) is 7.52. The molecule has 3 rings (SSSR count). The number of fused-ring (bicyclic) bond motifs is 1. The topological polar surface area (TPSA) is 74.3 Å². The fraction of sp³-hybridized carbons (Fsp3) is 0.235. The van der Waals surface area contributed by atoms with E-state index in [1.54, 1.807) is 16.7 Å². The van der Waals surface area contributed by atoms with Gasteiger partial charge in [-0.3, -0.25) is 9.36 Å². The Balaban J connectivity index is 1.97. The second kappa shape index (κ2) is 7.45. The first kappa shape index (κ1) is 17.8. The van der Waals surface area contributed by atoms with Crippen LogP contribution in [-0.2, 0) is 17.0 Å². The second-order valence-electron chi connectivity index (χ2n) is 5.16. The van der Waals surface area contributed by atoms with Crippen molar-refractivity contribution >= 4 is 44.6 Å². The third-order valence-electron chi connectivity index (χ3n) is 3.67. The van der Waals surface area contributed by atoms with Crippen LogP contribution in [0.25, 0.3) is 10.9 Å². The summed E-state index contributed by atoms with van der Waals surface area (Å²) in [5, 5.41) is 1.17. The Morgan fingerprint density at radius 3 is 2.92 bits per heavy atom. The van der Waals surface area contributed by atoms with E-state index in [-0.39, 0.29) is 11.3 Å². The number of hydrogen-bond acceptors (Lipinski definition) is 6. The molecular weight excluding hydrogens is 408 g/mol. The molecule has 6 nitrogen and oxygen atoms in total. The van der Waals surface area contributed by atoms with Crippen LogP contribution < -0.4 is 5.56 Å². The number of aromatic nitrogens is 2. The van der Waals surface area contributed by atoms with Gasteiger partial charge in [-0.05, 0) is 31.2 Å². The Hall–Kier alpha value is -2.06. The molecule has 0 aliphatic rings. The van der Waals surface area contributed by atoms with E-state index in [4.69, 9.17) is 9.15 Å². The number of ether oxygens (including phenoxy) is 1. The number of nitrogens with zero attached hydrogens (tertiary/aromatic N) is 2. The van der Waals surface area contributed by atoms with Gasteiger partial charge in [-0.25, -0.2) is 9.78 Å². The third-order valence-corrected chi connectivity index (χ3v) is 5.19. The Labute approximate surface area is 156 Å². The van der Waals surface area contributed by atoms with Crippen molar-refractivity contribution in [1.29, 1.82) is 0 Å². The Kier molecular flexibility index (Phi) is 5.29. The Morgan fingerprint density at radius 2 is 2.20 bits per heavy atom. The maximum absolute atomic E-state index is 12.7. The van der Waals surface area contributed by atoms with E-state index in [2.05, 4.69) is 20.9 Å². The summed E-state index contributed by atoms with van der Waals surface area (Å²) >= 11 is 4.76. The van der Waals surface area contributed by atoms with Gasteiger partial charge in [0.1, 0.15) is 0 Å². The smallest absolute Gasteiger partial charge is 0.374 e. The predicted octanol–water partition coefficient (Wildman–Crippen LogP) is 3.85. The van der Waals surface area contributed by atoms with Gasteiger partial charge in [-0.15, -0.1) is 0 Å². The highest BCUT2D eigenvalue weighted by Crippen LogP contribution is 2.25. The molecule has 0 saturated heterocycles. The lowest BCUT2D eigenvalue weighted by molar-refractivity contribution is 0.0564. The van der Waals surface area contributed by atoms with Gasteiger partial charge in [0.15, 0.2) is 5.16 Å². The average molecular weight is 423 g/mol. The fourth-order valence-electron chi connectivity index (χ4n) is 2.43. The molecule has 0 fully saturated rings. The van der Waals surface area contributed by atoms with Crippen LogP contribution in [0.2, 0.25) is 0 Å². The fourth-order valence-corrected chi connectivity index (χ4v) is 3.83. The van der Waals surface area contributed by atoms with Gasteiger partial charge in [0.2, 0.25) is 5.76 Å². The van der Waals surface area contributed by atoms with Crippen molar-refractivity contribution in [3.63, 3.8) is 0 Å². The van der Waals surface area contributed by atoms with Crippen molar-refractivity contribution in [3.05, 3.63) is 56.7 Å². The van der Waals surface area contributed by atoms with Crippen LogP contribution in [-0.4, -0.2) is 22.6 Å². The molecule has 2 heterocycles. The molecule has 0 amide bonds. The molecular formula is C17H15BrN2O4S. The number of halogens is 1. The van der Waals surface area contributed by atoms with Crippen molar-refractivity contribution in [3.8, 4) is 0 Å². The number of esters is 1.